The van der Waals surface area contributed by atoms with Crippen LogP contribution < -0.4 is 23.8 Å². The molecule has 0 aliphatic carbocycles. The Morgan fingerprint density at radius 3 is 1.56 bits per heavy atom. The molecule has 9 heterocycles. The van der Waals surface area contributed by atoms with Gasteiger partial charge in [0.1, 0.15) is 62.6 Å². The van der Waals surface area contributed by atoms with Crippen LogP contribution in [0.1, 0.15) is 133 Å². The van der Waals surface area contributed by atoms with E-state index < -0.39 is 94.4 Å². The number of allylic oxidation sites excluding steroid dienone is 1. The Kier molecular flexibility index (Phi) is 30.4. The lowest BCUT2D eigenvalue weighted by molar-refractivity contribution is -0.140. The van der Waals surface area contributed by atoms with Crippen LogP contribution in [0.3, 0.4) is 0 Å². The van der Waals surface area contributed by atoms with E-state index in [1.165, 1.54) is 48.2 Å². The van der Waals surface area contributed by atoms with Gasteiger partial charge in [-0.1, -0.05) is 126 Å². The van der Waals surface area contributed by atoms with E-state index in [9.17, 15) is 72.8 Å². The number of hydrogen-bond donors (Lipinski definition) is 4. The number of carbonyl (C=O) groups excluding carboxylic acids is 10. The predicted octanol–water partition coefficient (Wildman–Crippen LogP) is 14.6. The van der Waals surface area contributed by atoms with Crippen LogP contribution in [0.15, 0.2) is 251 Å². The van der Waals surface area contributed by atoms with Crippen LogP contribution in [0.2, 0.25) is 0 Å². The van der Waals surface area contributed by atoms with Gasteiger partial charge in [-0.3, -0.25) is 63.0 Å². The van der Waals surface area contributed by atoms with Crippen molar-refractivity contribution in [2.24, 2.45) is 4.99 Å². The summed E-state index contributed by atoms with van der Waals surface area (Å²) in [6, 6.07) is 48.7. The predicted molar refractivity (Wildman–Crippen MR) is 491 cm³/mol. The molecular weight excluding hydrogens is 1730 g/mol. The molecule has 0 spiro atoms. The van der Waals surface area contributed by atoms with Gasteiger partial charge in [-0.25, -0.2) is 24.0 Å². The first-order valence-corrected chi connectivity index (χ1v) is 43.2. The number of aryl methyl sites for hydroxylation is 4. The number of carbonyl (C=O) groups is 10. The van der Waals surface area contributed by atoms with E-state index in [0.717, 1.165) is 58.8 Å². The van der Waals surface area contributed by atoms with E-state index in [0.29, 0.717) is 105 Å². The highest BCUT2D eigenvalue weighted by Gasteiger charge is 2.53. The van der Waals surface area contributed by atoms with E-state index >= 15 is 0 Å². The number of aliphatic hydroxyl groups is 4. The van der Waals surface area contributed by atoms with Gasteiger partial charge in [0.2, 0.25) is 0 Å². The largest absolute Gasteiger partial charge is 0.507 e. The third-order valence-corrected chi connectivity index (χ3v) is 24.0. The van der Waals surface area contributed by atoms with E-state index in [1.54, 1.807) is 192 Å². The molecule has 6 aliphatic heterocycles. The zero-order valence-corrected chi connectivity index (χ0v) is 75.4. The molecule has 16 rings (SSSR count). The van der Waals surface area contributed by atoms with Crippen molar-refractivity contribution in [3.63, 3.8) is 0 Å². The number of anilines is 1. The molecule has 4 amide bonds. The first kappa shape index (κ1) is 95.2. The molecule has 30 nitrogen and oxygen atoms in total. The maximum atomic E-state index is 13.4. The number of nitrogens with zero attached hydrogens (tertiary/aromatic N) is 9. The first-order valence-electron chi connectivity index (χ1n) is 42.4. The lowest BCUT2D eigenvalue weighted by atomic mass is 9.94. The van der Waals surface area contributed by atoms with Crippen LogP contribution in [0.5, 0.6) is 23.0 Å². The van der Waals surface area contributed by atoms with Crippen molar-refractivity contribution in [3.8, 4) is 23.0 Å². The number of ether oxygens (including phenoxy) is 7. The van der Waals surface area contributed by atoms with E-state index in [2.05, 4.69) is 24.8 Å². The Bertz CT molecular complexity index is 6330. The van der Waals surface area contributed by atoms with Gasteiger partial charge in [0, 0.05) is 91.7 Å². The lowest BCUT2D eigenvalue weighted by Crippen LogP contribution is -2.42. The van der Waals surface area contributed by atoms with E-state index in [1.807, 2.05) is 57.2 Å². The minimum atomic E-state index is -0.994. The van der Waals surface area contributed by atoms with E-state index in [4.69, 9.17) is 33.2 Å². The minimum Gasteiger partial charge on any atom is -0.507 e. The highest BCUT2D eigenvalue weighted by Crippen LogP contribution is 2.49. The summed E-state index contributed by atoms with van der Waals surface area (Å²) < 4.78 is 50.4. The summed E-state index contributed by atoms with van der Waals surface area (Å²) >= 11 is 0.937. The number of thiazole rings is 1. The number of ketones is 4. The molecule has 0 bridgehead atoms. The fraction of sp³-hybridized carbons (Fsp3) is 0.248. The van der Waals surface area contributed by atoms with Gasteiger partial charge in [-0.15, -0.1) is 0 Å². The molecule has 3 aromatic heterocycles. The zero-order chi connectivity index (χ0) is 95.2. The van der Waals surface area contributed by atoms with Crippen molar-refractivity contribution in [1.82, 2.24) is 34.6 Å². The second-order valence-electron chi connectivity index (χ2n) is 31.2. The number of aliphatic imine (C=N–C) groups is 1. The fourth-order valence-corrected chi connectivity index (χ4v) is 17.0. The average Bonchev–Trinajstić information content (AvgIpc) is 1.61. The summed E-state index contributed by atoms with van der Waals surface area (Å²) in [5.41, 5.74) is 8.39. The molecule has 7 aromatic carbocycles. The summed E-state index contributed by atoms with van der Waals surface area (Å²) in [6.07, 6.45) is 6.58. The van der Waals surface area contributed by atoms with Gasteiger partial charge in [0.15, 0.2) is 5.13 Å². The van der Waals surface area contributed by atoms with Gasteiger partial charge in [0.05, 0.1) is 118 Å². The van der Waals surface area contributed by atoms with Crippen molar-refractivity contribution in [1.29, 1.82) is 0 Å². The molecule has 5 fully saturated rings. The highest BCUT2D eigenvalue weighted by molar-refractivity contribution is 7.17. The van der Waals surface area contributed by atoms with Crippen LogP contribution in [-0.2, 0) is 63.9 Å². The number of Topliss-reactive ketones (excluding diaryl/α,β-unsaturated/α-hetero) is 4. The van der Waals surface area contributed by atoms with Crippen LogP contribution in [0, 0.1) is 33.5 Å². The summed E-state index contributed by atoms with van der Waals surface area (Å²) in [5, 5.41) is 44.7. The Morgan fingerprint density at radius 2 is 0.992 bits per heavy atom. The van der Waals surface area contributed by atoms with Crippen LogP contribution >= 0.6 is 11.3 Å². The quantitative estimate of drug-likeness (QED) is 0.0212. The van der Waals surface area contributed by atoms with Gasteiger partial charge in [0.25, 0.3) is 34.9 Å². The number of likely N-dealkylation sites (tertiary alicyclic amines) is 3. The van der Waals surface area contributed by atoms with Crippen molar-refractivity contribution in [2.45, 2.75) is 85.6 Å². The SMILES string of the molecule is CCOC(=O)C1=C(C)N=C(N2C(=O)C(=O)C(=C(O)c3ccccc3)C2c2ccc(OC)cc2)C1.CCOC(=O)c1sc(N2C(=O)C(=O)C(=C(O)c3ccc(F)cc3)C2c2ccc(C)cc2)nc1C.COc1ccc(C(O)=C2C(=O)C(=O)N(CCN3CCOCC3)C2c2cccnc2)c(C)c1.COc1ccc(OC)c(C2C(=C(O)c3ccc(C)cc3)C(=O)C(=O)N2Cc2cccnc2)c1. The zero-order valence-electron chi connectivity index (χ0n) is 74.6. The molecular formula is C101H96FN9O21S. The molecule has 0 radical (unpaired) electrons. The smallest absolute Gasteiger partial charge is 0.350 e. The number of hydrogen-bond acceptors (Lipinski definition) is 27. The number of halogens is 1. The van der Waals surface area contributed by atoms with Gasteiger partial charge in [-0.2, -0.15) is 0 Å². The summed E-state index contributed by atoms with van der Waals surface area (Å²) in [4.78, 5) is 155. The third-order valence-electron chi connectivity index (χ3n) is 22.9. The number of benzene rings is 7. The number of methoxy groups -OCH3 is 4. The van der Waals surface area contributed by atoms with Crippen LogP contribution in [-0.4, -0.2) is 201 Å². The highest BCUT2D eigenvalue weighted by atomic mass is 32.1. The number of esters is 2. The Hall–Kier alpha value is -15.4. The summed E-state index contributed by atoms with van der Waals surface area (Å²) in [5.74, 6) is -6.43. The molecule has 4 atom stereocenters. The van der Waals surface area contributed by atoms with Crippen molar-refractivity contribution in [2.75, 3.05) is 85.9 Å². The number of aromatic nitrogens is 3. The molecule has 0 saturated carbocycles. The standard InChI is InChI=1S/C26H24N2O6.C26H24N2O5.C25H21FN2O5S.C24H27N3O5/c1-4-34-26(32)19-14-20(27-15(19)2)28-22(16-10-12-18(33-3)13-11-16)21(24(30)25(28)31)23(29)17-8-6-5-7-9-17;1-16-6-8-18(9-7-16)24(29)22-23(20-13-19(32-2)10-11-21(20)33-3)28(26(31)25(22)30)15-17-5-4-12-27-14-17;1-4-33-24(32)22-14(3)27-25(34-22)28-19(15-7-5-13(2)6-8-15)18(21(30)23(28)31)20(29)16-9-11-17(26)12-10-16;1-16-14-18(31-2)5-6-19(16)22(28)20-21(17-4-3-7-25-15-17)27(24(30)23(20)29)9-8-26-10-12-32-13-11-26/h5-13,22,29H,4,14H2,1-3H3;4-14,23,29H,15H2,1-3H3;5-12,19,29H,4H2,1-3H3;3-7,14-15,21,28H,8-13H2,1-2H3. The minimum absolute atomic E-state index is 0.000651. The first-order chi connectivity index (χ1) is 64.0. The number of aliphatic hydroxyl groups excluding tert-OH is 4. The molecule has 4 unspecified atom stereocenters. The van der Waals surface area contributed by atoms with Gasteiger partial charge < -0.3 is 63.4 Å². The topological polar surface area (TPSA) is 383 Å². The molecule has 10 aromatic rings. The van der Waals surface area contributed by atoms with Gasteiger partial charge in [-0.05, 0) is 161 Å². The molecule has 6 aliphatic rings. The van der Waals surface area contributed by atoms with Crippen molar-refractivity contribution >= 4 is 104 Å². The maximum Gasteiger partial charge on any atom is 0.350 e. The lowest BCUT2D eigenvalue weighted by Gasteiger charge is -2.30. The second kappa shape index (κ2) is 42.4. The number of amides is 4. The monoisotopic (exact) mass is 1820 g/mol. The molecule has 5 saturated heterocycles. The van der Waals surface area contributed by atoms with Crippen molar-refractivity contribution < 1.29 is 106 Å². The molecule has 32 heteroatoms. The Labute approximate surface area is 769 Å². The molecule has 133 heavy (non-hydrogen) atoms. The number of amidine groups is 1. The summed E-state index contributed by atoms with van der Waals surface area (Å²) in [6.45, 7) is 16.7. The van der Waals surface area contributed by atoms with Crippen LogP contribution in [0.4, 0.5) is 9.52 Å². The third kappa shape index (κ3) is 20.5. The van der Waals surface area contributed by atoms with Crippen LogP contribution in [0.25, 0.3) is 23.0 Å². The maximum absolute atomic E-state index is 13.4. The number of pyridine rings is 2. The Balaban J connectivity index is 0.000000151. The van der Waals surface area contributed by atoms with E-state index in [-0.39, 0.29) is 87.2 Å². The number of morpholine rings is 1. The average molecular weight is 1820 g/mol. The van der Waals surface area contributed by atoms with Crippen molar-refractivity contribution in [3.05, 3.63) is 330 Å². The fourth-order valence-electron chi connectivity index (χ4n) is 16.1. The second-order valence-corrected chi connectivity index (χ2v) is 32.2. The molecule has 4 N–H and O–H groups in total. The van der Waals surface area contributed by atoms with Gasteiger partial charge >= 0.3 is 23.8 Å². The summed E-state index contributed by atoms with van der Waals surface area (Å²) in [7, 11) is 6.15. The molecule has 684 valence electrons. The normalized spacial score (nSPS) is 18.8. The Morgan fingerprint density at radius 1 is 0.489 bits per heavy atom. The number of rotatable bonds is 22.